The topological polar surface area (TPSA) is 43.1 Å². The van der Waals surface area contributed by atoms with Crippen molar-refractivity contribution in [3.05, 3.63) is 72.5 Å². The molecule has 0 aromatic heterocycles. The molecule has 0 radical (unpaired) electrons. The zero-order chi connectivity index (χ0) is 12.7. The summed E-state index contributed by atoms with van der Waals surface area (Å²) in [5.41, 5.74) is 6.94. The Bertz CT molecular complexity index is 443. The van der Waals surface area contributed by atoms with E-state index in [9.17, 15) is 4.79 Å². The molecule has 2 nitrogen and oxygen atoms in total. The third kappa shape index (κ3) is 3.45. The van der Waals surface area contributed by atoms with Gasteiger partial charge in [0, 0.05) is 11.5 Å². The standard InChI is InChI=1S/C15H17NO/c1-3-7-13(10-11-16)12(2)15(17)14-8-5-4-6-9-14/h3-12H,1,16H2,2H3/b11-10-,13-7+. The fourth-order valence-electron chi connectivity index (χ4n) is 1.60. The molecule has 0 bridgehead atoms. The first kappa shape index (κ1) is 13.0. The molecule has 17 heavy (non-hydrogen) atoms. The molecular formula is C15H17NO. The highest BCUT2D eigenvalue weighted by Crippen LogP contribution is 2.18. The molecule has 1 aromatic rings. The van der Waals surface area contributed by atoms with Crippen LogP contribution in [0, 0.1) is 5.92 Å². The molecule has 0 aliphatic rings. The number of ketones is 1. The van der Waals surface area contributed by atoms with Gasteiger partial charge in [-0.05, 0) is 17.8 Å². The van der Waals surface area contributed by atoms with Crippen molar-refractivity contribution in [1.29, 1.82) is 0 Å². The van der Waals surface area contributed by atoms with Crippen molar-refractivity contribution in [2.24, 2.45) is 11.7 Å². The number of hydrogen-bond acceptors (Lipinski definition) is 2. The van der Waals surface area contributed by atoms with Crippen LogP contribution in [0.2, 0.25) is 0 Å². The summed E-state index contributed by atoms with van der Waals surface area (Å²) >= 11 is 0. The number of hydrogen-bond donors (Lipinski definition) is 1. The Kier molecular flexibility index (Phi) is 4.95. The second kappa shape index (κ2) is 6.48. The Morgan fingerprint density at radius 3 is 2.53 bits per heavy atom. The Morgan fingerprint density at radius 1 is 1.35 bits per heavy atom. The molecular weight excluding hydrogens is 210 g/mol. The summed E-state index contributed by atoms with van der Waals surface area (Å²) in [6, 6.07) is 9.24. The van der Waals surface area contributed by atoms with Crippen molar-refractivity contribution in [3.63, 3.8) is 0 Å². The Morgan fingerprint density at radius 2 is 2.00 bits per heavy atom. The maximum absolute atomic E-state index is 12.2. The van der Waals surface area contributed by atoms with E-state index in [1.807, 2.05) is 37.3 Å². The van der Waals surface area contributed by atoms with Crippen LogP contribution in [0.15, 0.2) is 66.9 Å². The maximum atomic E-state index is 12.2. The van der Waals surface area contributed by atoms with Crippen LogP contribution >= 0.6 is 0 Å². The van der Waals surface area contributed by atoms with E-state index in [1.54, 1.807) is 18.2 Å². The van der Waals surface area contributed by atoms with Crippen molar-refractivity contribution >= 4 is 5.78 Å². The van der Waals surface area contributed by atoms with Crippen molar-refractivity contribution in [1.82, 2.24) is 0 Å². The van der Waals surface area contributed by atoms with Crippen LogP contribution in [0.4, 0.5) is 0 Å². The minimum Gasteiger partial charge on any atom is -0.405 e. The molecule has 0 aliphatic carbocycles. The van der Waals surface area contributed by atoms with Crippen molar-refractivity contribution in [2.75, 3.05) is 0 Å². The number of carbonyl (C=O) groups is 1. The number of benzene rings is 1. The van der Waals surface area contributed by atoms with Gasteiger partial charge in [-0.15, -0.1) is 0 Å². The van der Waals surface area contributed by atoms with E-state index in [0.29, 0.717) is 5.56 Å². The van der Waals surface area contributed by atoms with Crippen LogP contribution in [0.1, 0.15) is 17.3 Å². The zero-order valence-corrected chi connectivity index (χ0v) is 9.97. The van der Waals surface area contributed by atoms with Gasteiger partial charge in [0.25, 0.3) is 0 Å². The molecule has 1 atom stereocenters. The molecule has 2 heteroatoms. The molecule has 0 fully saturated rings. The number of nitrogens with two attached hydrogens (primary N) is 1. The van der Waals surface area contributed by atoms with Gasteiger partial charge in [0.05, 0.1) is 0 Å². The van der Waals surface area contributed by atoms with E-state index in [4.69, 9.17) is 5.73 Å². The SMILES string of the molecule is C=C/C=C(\C=C/N)C(C)C(=O)c1ccccc1. The normalized spacial score (nSPS) is 13.6. The molecule has 0 saturated heterocycles. The number of Topliss-reactive ketones (excluding diaryl/α,β-unsaturated/α-hetero) is 1. The summed E-state index contributed by atoms with van der Waals surface area (Å²) in [6.07, 6.45) is 6.62. The number of carbonyl (C=O) groups excluding carboxylic acids is 1. The van der Waals surface area contributed by atoms with Crippen LogP contribution in [0.3, 0.4) is 0 Å². The monoisotopic (exact) mass is 227 g/mol. The summed E-state index contributed by atoms with van der Waals surface area (Å²) in [6.45, 7) is 5.50. The van der Waals surface area contributed by atoms with Crippen molar-refractivity contribution in [2.45, 2.75) is 6.92 Å². The molecule has 88 valence electrons. The first-order valence-electron chi connectivity index (χ1n) is 5.51. The molecule has 0 amide bonds. The molecule has 1 rings (SSSR count). The summed E-state index contributed by atoms with van der Waals surface area (Å²) < 4.78 is 0. The van der Waals surface area contributed by atoms with Crippen LogP contribution in [-0.2, 0) is 0 Å². The molecule has 0 aliphatic heterocycles. The molecule has 2 N–H and O–H groups in total. The van der Waals surface area contributed by atoms with Gasteiger partial charge in [-0.25, -0.2) is 0 Å². The van der Waals surface area contributed by atoms with Crippen molar-refractivity contribution < 1.29 is 4.79 Å². The Balaban J connectivity index is 2.96. The lowest BCUT2D eigenvalue weighted by Crippen LogP contribution is -2.13. The summed E-state index contributed by atoms with van der Waals surface area (Å²) in [5.74, 6) is -0.146. The average Bonchev–Trinajstić information content (AvgIpc) is 2.38. The quantitative estimate of drug-likeness (QED) is 0.620. The third-order valence-electron chi connectivity index (χ3n) is 2.55. The maximum Gasteiger partial charge on any atom is 0.170 e. The largest absolute Gasteiger partial charge is 0.405 e. The van der Waals surface area contributed by atoms with E-state index in [1.165, 1.54) is 6.20 Å². The highest BCUT2D eigenvalue weighted by molar-refractivity contribution is 5.99. The second-order valence-electron chi connectivity index (χ2n) is 3.71. The van der Waals surface area contributed by atoms with Gasteiger partial charge in [-0.1, -0.05) is 56.0 Å². The minimum atomic E-state index is -0.227. The summed E-state index contributed by atoms with van der Waals surface area (Å²) in [4.78, 5) is 12.2. The predicted molar refractivity (Wildman–Crippen MR) is 71.5 cm³/mol. The minimum absolute atomic E-state index is 0.0804. The lowest BCUT2D eigenvalue weighted by Gasteiger charge is -2.11. The van der Waals surface area contributed by atoms with E-state index in [0.717, 1.165) is 5.57 Å². The highest BCUT2D eigenvalue weighted by Gasteiger charge is 2.16. The predicted octanol–water partition coefficient (Wildman–Crippen LogP) is 3.09. The Hall–Kier alpha value is -2.09. The van der Waals surface area contributed by atoms with Gasteiger partial charge in [0.15, 0.2) is 5.78 Å². The number of rotatable bonds is 5. The second-order valence-corrected chi connectivity index (χ2v) is 3.71. The molecule has 1 aromatic carbocycles. The van der Waals surface area contributed by atoms with E-state index in [-0.39, 0.29) is 11.7 Å². The highest BCUT2D eigenvalue weighted by atomic mass is 16.1. The van der Waals surface area contributed by atoms with Crippen molar-refractivity contribution in [3.8, 4) is 0 Å². The average molecular weight is 227 g/mol. The van der Waals surface area contributed by atoms with Gasteiger partial charge in [0.1, 0.15) is 0 Å². The van der Waals surface area contributed by atoms with E-state index in [2.05, 4.69) is 6.58 Å². The zero-order valence-electron chi connectivity index (χ0n) is 9.97. The van der Waals surface area contributed by atoms with E-state index >= 15 is 0 Å². The summed E-state index contributed by atoms with van der Waals surface area (Å²) in [5, 5.41) is 0. The third-order valence-corrected chi connectivity index (χ3v) is 2.55. The van der Waals surface area contributed by atoms with E-state index < -0.39 is 0 Å². The van der Waals surface area contributed by atoms with Gasteiger partial charge >= 0.3 is 0 Å². The van der Waals surface area contributed by atoms with Crippen LogP contribution in [-0.4, -0.2) is 5.78 Å². The molecule has 0 heterocycles. The molecule has 1 unspecified atom stereocenters. The molecule has 0 saturated carbocycles. The van der Waals surface area contributed by atoms with Gasteiger partial charge in [-0.3, -0.25) is 4.79 Å². The fraction of sp³-hybridized carbons (Fsp3) is 0.133. The van der Waals surface area contributed by atoms with Gasteiger partial charge < -0.3 is 5.73 Å². The van der Waals surface area contributed by atoms with Gasteiger partial charge in [-0.2, -0.15) is 0 Å². The number of allylic oxidation sites excluding steroid dienone is 4. The smallest absolute Gasteiger partial charge is 0.170 e. The Labute approximate surface area is 102 Å². The lowest BCUT2D eigenvalue weighted by atomic mass is 9.91. The summed E-state index contributed by atoms with van der Waals surface area (Å²) in [7, 11) is 0. The van der Waals surface area contributed by atoms with Crippen LogP contribution in [0.5, 0.6) is 0 Å². The molecule has 0 spiro atoms. The fourth-order valence-corrected chi connectivity index (χ4v) is 1.60. The van der Waals surface area contributed by atoms with Crippen LogP contribution in [0.25, 0.3) is 0 Å². The van der Waals surface area contributed by atoms with Gasteiger partial charge in [0.2, 0.25) is 0 Å². The van der Waals surface area contributed by atoms with Crippen LogP contribution < -0.4 is 5.73 Å². The first-order valence-corrected chi connectivity index (χ1v) is 5.51. The lowest BCUT2D eigenvalue weighted by molar-refractivity contribution is 0.0949. The first-order chi connectivity index (χ1) is 8.20.